The third kappa shape index (κ3) is 1.12. The van der Waals surface area contributed by atoms with Crippen molar-refractivity contribution in [2.24, 2.45) is 0 Å². The molecule has 1 saturated carbocycles. The summed E-state index contributed by atoms with van der Waals surface area (Å²) in [5, 5.41) is 0. The first-order chi connectivity index (χ1) is 6.82. The standard InChI is InChI=1S/C6H2F10/c7-1-2(8)4(10,6(14,15)16)3(1,9)5(11,12)13/h1-2H. The van der Waals surface area contributed by atoms with Gasteiger partial charge in [0.1, 0.15) is 0 Å². The molecule has 0 aromatic carbocycles. The molecule has 0 heterocycles. The molecule has 4 atom stereocenters. The fourth-order valence-electron chi connectivity index (χ4n) is 1.43. The summed E-state index contributed by atoms with van der Waals surface area (Å²) in [6, 6.07) is 0. The predicted octanol–water partition coefficient (Wildman–Crippen LogP) is 3.22. The van der Waals surface area contributed by atoms with E-state index in [1.54, 1.807) is 0 Å². The van der Waals surface area contributed by atoms with Crippen LogP contribution in [0.3, 0.4) is 0 Å². The Kier molecular flexibility index (Phi) is 2.46. The predicted molar refractivity (Wildman–Crippen MR) is 29.6 cm³/mol. The minimum Gasteiger partial charge on any atom is -0.240 e. The molecule has 1 fully saturated rings. The van der Waals surface area contributed by atoms with E-state index in [4.69, 9.17) is 0 Å². The van der Waals surface area contributed by atoms with Gasteiger partial charge in [-0.25, -0.2) is 17.6 Å². The molecular formula is C6H2F10. The summed E-state index contributed by atoms with van der Waals surface area (Å²) in [5.41, 5.74) is -11.8. The van der Waals surface area contributed by atoms with Crippen LogP contribution in [0, 0.1) is 0 Å². The van der Waals surface area contributed by atoms with E-state index >= 15 is 0 Å². The van der Waals surface area contributed by atoms with Crippen molar-refractivity contribution in [1.82, 2.24) is 0 Å². The Morgan fingerprint density at radius 3 is 0.938 bits per heavy atom. The van der Waals surface area contributed by atoms with Crippen LogP contribution in [-0.2, 0) is 0 Å². The topological polar surface area (TPSA) is 0 Å². The average Bonchev–Trinajstić information content (AvgIpc) is 2.09. The van der Waals surface area contributed by atoms with Crippen LogP contribution in [0.1, 0.15) is 0 Å². The van der Waals surface area contributed by atoms with Crippen molar-refractivity contribution in [3.63, 3.8) is 0 Å². The molecular weight excluding hydrogens is 262 g/mol. The summed E-state index contributed by atoms with van der Waals surface area (Å²) in [6.07, 6.45) is -21.5. The van der Waals surface area contributed by atoms with Crippen molar-refractivity contribution in [2.75, 3.05) is 0 Å². The molecule has 0 aromatic heterocycles. The van der Waals surface area contributed by atoms with Gasteiger partial charge in [-0.15, -0.1) is 0 Å². The van der Waals surface area contributed by atoms with E-state index in [0.29, 0.717) is 0 Å². The van der Waals surface area contributed by atoms with E-state index < -0.39 is 36.0 Å². The SMILES string of the molecule is FC1C(F)C(F)(C(F)(F)F)C1(F)C(F)(F)F. The maximum Gasteiger partial charge on any atom is 0.429 e. The van der Waals surface area contributed by atoms with Crippen molar-refractivity contribution in [1.29, 1.82) is 0 Å². The maximum absolute atomic E-state index is 12.8. The molecule has 0 N–H and O–H groups in total. The highest BCUT2D eigenvalue weighted by Crippen LogP contribution is 2.65. The molecule has 0 aromatic rings. The van der Waals surface area contributed by atoms with E-state index in [-0.39, 0.29) is 0 Å². The second-order valence-electron chi connectivity index (χ2n) is 3.22. The molecule has 1 aliphatic rings. The molecule has 0 amide bonds. The van der Waals surface area contributed by atoms with E-state index in [9.17, 15) is 43.9 Å². The van der Waals surface area contributed by atoms with Crippen molar-refractivity contribution < 1.29 is 43.9 Å². The molecule has 16 heavy (non-hydrogen) atoms. The highest BCUT2D eigenvalue weighted by atomic mass is 19.4. The quantitative estimate of drug-likeness (QED) is 0.589. The molecule has 0 nitrogen and oxygen atoms in total. The molecule has 0 saturated heterocycles. The molecule has 0 spiro atoms. The fourth-order valence-corrected chi connectivity index (χ4v) is 1.43. The zero-order chi connectivity index (χ0) is 13.2. The van der Waals surface area contributed by atoms with Gasteiger partial charge in [-0.05, 0) is 0 Å². The van der Waals surface area contributed by atoms with Crippen molar-refractivity contribution in [3.8, 4) is 0 Å². The highest BCUT2D eigenvalue weighted by Gasteiger charge is 2.95. The largest absolute Gasteiger partial charge is 0.429 e. The minimum absolute atomic E-state index is 4.24. The Bertz CT molecular complexity index is 261. The lowest BCUT2D eigenvalue weighted by molar-refractivity contribution is -0.422. The van der Waals surface area contributed by atoms with E-state index in [0.717, 1.165) is 0 Å². The second kappa shape index (κ2) is 2.95. The summed E-state index contributed by atoms with van der Waals surface area (Å²) in [6.45, 7) is 0. The third-order valence-corrected chi connectivity index (χ3v) is 2.37. The van der Waals surface area contributed by atoms with Crippen molar-refractivity contribution in [3.05, 3.63) is 0 Å². The van der Waals surface area contributed by atoms with Gasteiger partial charge >= 0.3 is 12.4 Å². The van der Waals surface area contributed by atoms with Crippen LogP contribution >= 0.6 is 0 Å². The summed E-state index contributed by atoms with van der Waals surface area (Å²) >= 11 is 0. The molecule has 10 heteroatoms. The lowest BCUT2D eigenvalue weighted by Gasteiger charge is -2.53. The molecule has 1 aliphatic carbocycles. The monoisotopic (exact) mass is 264 g/mol. The second-order valence-corrected chi connectivity index (χ2v) is 3.22. The number of alkyl halides is 10. The van der Waals surface area contributed by atoms with Gasteiger partial charge in [0.25, 0.3) is 11.3 Å². The van der Waals surface area contributed by atoms with Crippen LogP contribution in [-0.4, -0.2) is 36.0 Å². The van der Waals surface area contributed by atoms with Crippen LogP contribution in [0.15, 0.2) is 0 Å². The lowest BCUT2D eigenvalue weighted by Crippen LogP contribution is -2.84. The Morgan fingerprint density at radius 1 is 0.625 bits per heavy atom. The maximum atomic E-state index is 12.8. The van der Waals surface area contributed by atoms with Crippen LogP contribution in [0.4, 0.5) is 43.9 Å². The zero-order valence-electron chi connectivity index (χ0n) is 6.93. The molecule has 0 radical (unpaired) electrons. The lowest BCUT2D eigenvalue weighted by atomic mass is 9.63. The van der Waals surface area contributed by atoms with Gasteiger partial charge in [-0.1, -0.05) is 0 Å². The van der Waals surface area contributed by atoms with E-state index in [1.165, 1.54) is 0 Å². The first-order valence-electron chi connectivity index (χ1n) is 3.61. The van der Waals surface area contributed by atoms with Gasteiger partial charge in [-0.2, -0.15) is 26.3 Å². The molecule has 1 rings (SSSR count). The third-order valence-electron chi connectivity index (χ3n) is 2.37. The summed E-state index contributed by atoms with van der Waals surface area (Å²) in [5.74, 6) is 0. The summed E-state index contributed by atoms with van der Waals surface area (Å²) in [7, 11) is 0. The van der Waals surface area contributed by atoms with Gasteiger partial charge in [0.15, 0.2) is 12.3 Å². The van der Waals surface area contributed by atoms with Gasteiger partial charge in [0.2, 0.25) is 0 Å². The van der Waals surface area contributed by atoms with Crippen LogP contribution in [0.25, 0.3) is 0 Å². The summed E-state index contributed by atoms with van der Waals surface area (Å²) < 4.78 is 121. The van der Waals surface area contributed by atoms with Gasteiger partial charge in [-0.3, -0.25) is 0 Å². The van der Waals surface area contributed by atoms with Crippen LogP contribution < -0.4 is 0 Å². The molecule has 4 unspecified atom stereocenters. The number of rotatable bonds is 0. The summed E-state index contributed by atoms with van der Waals surface area (Å²) in [4.78, 5) is 0. The van der Waals surface area contributed by atoms with Crippen LogP contribution in [0.2, 0.25) is 0 Å². The van der Waals surface area contributed by atoms with E-state index in [2.05, 4.69) is 0 Å². The minimum atomic E-state index is -6.50. The van der Waals surface area contributed by atoms with Gasteiger partial charge in [0, 0.05) is 0 Å². The first-order valence-corrected chi connectivity index (χ1v) is 3.61. The number of hydrogen-bond acceptors (Lipinski definition) is 0. The molecule has 96 valence electrons. The number of halogens is 10. The Labute approximate surface area is 81.2 Å². The zero-order valence-corrected chi connectivity index (χ0v) is 6.93. The Balaban J connectivity index is 3.31. The van der Waals surface area contributed by atoms with E-state index in [1.807, 2.05) is 0 Å². The van der Waals surface area contributed by atoms with Gasteiger partial charge in [0.05, 0.1) is 0 Å². The van der Waals surface area contributed by atoms with Gasteiger partial charge < -0.3 is 0 Å². The normalized spacial score (nSPS) is 45.4. The average molecular weight is 264 g/mol. The Morgan fingerprint density at radius 2 is 0.812 bits per heavy atom. The molecule has 0 bridgehead atoms. The highest BCUT2D eigenvalue weighted by molar-refractivity contribution is 5.29. The Hall–Kier alpha value is -0.700. The van der Waals surface area contributed by atoms with Crippen molar-refractivity contribution in [2.45, 2.75) is 36.0 Å². The first kappa shape index (κ1) is 13.4. The molecule has 0 aliphatic heterocycles. The fraction of sp³-hybridized carbons (Fsp3) is 1.00. The van der Waals surface area contributed by atoms with Crippen molar-refractivity contribution >= 4 is 0 Å². The smallest absolute Gasteiger partial charge is 0.240 e. The van der Waals surface area contributed by atoms with Crippen LogP contribution in [0.5, 0.6) is 0 Å². The number of hydrogen-bond donors (Lipinski definition) is 0.